The van der Waals surface area contributed by atoms with E-state index >= 15 is 0 Å². The van der Waals surface area contributed by atoms with Crippen molar-refractivity contribution in [3.8, 4) is 0 Å². The van der Waals surface area contributed by atoms with Gasteiger partial charge in [-0.25, -0.2) is 0 Å². The highest BCUT2D eigenvalue weighted by atomic mass is 32.2. The van der Waals surface area contributed by atoms with Crippen LogP contribution in [0.15, 0.2) is 6.07 Å². The van der Waals surface area contributed by atoms with Crippen LogP contribution >= 0.6 is 0 Å². The molecule has 0 amide bonds. The summed E-state index contributed by atoms with van der Waals surface area (Å²) in [6, 6.07) is 2.21. The molecule has 0 unspecified atom stereocenters. The molecule has 3 saturated heterocycles. The van der Waals surface area contributed by atoms with Crippen LogP contribution in [-0.4, -0.2) is 106 Å². The van der Waals surface area contributed by atoms with Gasteiger partial charge in [-0.15, -0.1) is 0 Å². The van der Waals surface area contributed by atoms with Crippen LogP contribution in [0, 0.1) is 0 Å². The van der Waals surface area contributed by atoms with Gasteiger partial charge in [0.15, 0.2) is 0 Å². The van der Waals surface area contributed by atoms with Crippen LogP contribution < -0.4 is 14.7 Å². The zero-order valence-corrected chi connectivity index (χ0v) is 21.9. The van der Waals surface area contributed by atoms with Crippen molar-refractivity contribution in [3.05, 3.63) is 6.07 Å². The third kappa shape index (κ3) is 9.42. The number of aromatic nitrogens is 2. The number of ether oxygens (including phenoxy) is 1. The number of anilines is 3. The Morgan fingerprint density at radius 3 is 1.89 bits per heavy atom. The number of unbranched alkanes of at least 4 members (excludes halogenated alkanes) is 1. The first-order chi connectivity index (χ1) is 16.7. The van der Waals surface area contributed by atoms with E-state index in [9.17, 15) is 13.2 Å². The van der Waals surface area contributed by atoms with Gasteiger partial charge in [-0.3, -0.25) is 14.2 Å². The normalized spacial score (nSPS) is 19.0. The van der Waals surface area contributed by atoms with Crippen LogP contribution in [0.5, 0.6) is 0 Å². The van der Waals surface area contributed by atoms with Crippen LogP contribution in [0.25, 0.3) is 0 Å². The van der Waals surface area contributed by atoms with E-state index in [1.807, 2.05) is 0 Å². The van der Waals surface area contributed by atoms with Gasteiger partial charge in [0.2, 0.25) is 5.95 Å². The van der Waals surface area contributed by atoms with Gasteiger partial charge in [0.25, 0.3) is 10.1 Å². The molecule has 11 nitrogen and oxygen atoms in total. The molecule has 0 bridgehead atoms. The summed E-state index contributed by atoms with van der Waals surface area (Å²) in [5.74, 6) is 2.99. The summed E-state index contributed by atoms with van der Waals surface area (Å²) < 4.78 is 30.6. The first-order valence-corrected chi connectivity index (χ1v) is 14.4. The zero-order valence-electron chi connectivity index (χ0n) is 21.1. The summed E-state index contributed by atoms with van der Waals surface area (Å²) in [5, 5.41) is 0. The summed E-state index contributed by atoms with van der Waals surface area (Å²) in [6.07, 6.45) is 8.17. The highest BCUT2D eigenvalue weighted by Crippen LogP contribution is 2.27. The average Bonchev–Trinajstić information content (AvgIpc) is 3.55. The van der Waals surface area contributed by atoms with Crippen molar-refractivity contribution in [2.24, 2.45) is 0 Å². The third-order valence-corrected chi connectivity index (χ3v) is 6.54. The van der Waals surface area contributed by atoms with E-state index in [4.69, 9.17) is 19.3 Å². The van der Waals surface area contributed by atoms with Crippen LogP contribution in [-0.2, 0) is 19.6 Å². The molecule has 4 heterocycles. The van der Waals surface area contributed by atoms with Crippen LogP contribution in [0.1, 0.15) is 44.9 Å². The quantitative estimate of drug-likeness (QED) is 0.311. The summed E-state index contributed by atoms with van der Waals surface area (Å²) >= 11 is 0. The van der Waals surface area contributed by atoms with E-state index in [0.29, 0.717) is 12.7 Å². The van der Waals surface area contributed by atoms with Crippen LogP contribution in [0.3, 0.4) is 0 Å². The summed E-state index contributed by atoms with van der Waals surface area (Å²) in [7, 11) is -2.21. The van der Waals surface area contributed by atoms with Gasteiger partial charge in [-0.05, 0) is 45.1 Å². The summed E-state index contributed by atoms with van der Waals surface area (Å²) in [6.45, 7) is 9.47. The number of hydrogen-bond donors (Lipinski definition) is 1. The molecule has 0 spiro atoms. The van der Waals surface area contributed by atoms with Crippen LogP contribution in [0.4, 0.5) is 17.6 Å². The third-order valence-electron chi connectivity index (χ3n) is 6.54. The highest BCUT2D eigenvalue weighted by molar-refractivity contribution is 7.85. The predicted octanol–water partition coefficient (Wildman–Crippen LogP) is 1.65. The molecule has 1 aromatic heterocycles. The molecule has 3 fully saturated rings. The fourth-order valence-electron chi connectivity index (χ4n) is 4.65. The zero-order chi connectivity index (χ0) is 25.3. The number of methoxy groups -OCH3 is 1. The molecule has 4 rings (SSSR count). The van der Waals surface area contributed by atoms with Gasteiger partial charge in [-0.2, -0.15) is 18.4 Å². The van der Waals surface area contributed by atoms with Gasteiger partial charge in [0.1, 0.15) is 11.6 Å². The van der Waals surface area contributed by atoms with E-state index in [-0.39, 0.29) is 5.97 Å². The van der Waals surface area contributed by atoms with Crippen LogP contribution in [0.2, 0.25) is 0 Å². The first kappa shape index (κ1) is 27.4. The molecule has 3 aliphatic rings. The number of esters is 1. The number of nitrogens with zero attached hydrogens (tertiary/aromatic N) is 6. The monoisotopic (exact) mass is 512 g/mol. The molecular weight excluding hydrogens is 472 g/mol. The predicted molar refractivity (Wildman–Crippen MR) is 137 cm³/mol. The smallest absolute Gasteiger partial charge is 0.305 e. The maximum atomic E-state index is 11.2. The minimum absolute atomic E-state index is 0.105. The lowest BCUT2D eigenvalue weighted by atomic mass is 10.2. The van der Waals surface area contributed by atoms with E-state index in [2.05, 4.69) is 25.7 Å². The van der Waals surface area contributed by atoms with Crippen molar-refractivity contribution in [2.75, 3.05) is 87.0 Å². The maximum Gasteiger partial charge on any atom is 0.305 e. The molecular formula is C23H40N6O5S. The van der Waals surface area contributed by atoms with Crippen molar-refractivity contribution in [3.63, 3.8) is 0 Å². The molecule has 0 radical (unpaired) electrons. The fraction of sp³-hybridized carbons (Fsp3) is 0.783. The Hall–Kier alpha value is -2.18. The lowest BCUT2D eigenvalue weighted by molar-refractivity contribution is -0.140. The fourth-order valence-corrected chi connectivity index (χ4v) is 4.65. The number of piperazine rings is 1. The van der Waals surface area contributed by atoms with Crippen molar-refractivity contribution >= 4 is 33.7 Å². The lowest BCUT2D eigenvalue weighted by Crippen LogP contribution is -2.47. The van der Waals surface area contributed by atoms with E-state index in [1.165, 1.54) is 32.8 Å². The molecule has 0 aliphatic carbocycles. The minimum atomic E-state index is -3.67. The van der Waals surface area contributed by atoms with Gasteiger partial charge >= 0.3 is 5.97 Å². The minimum Gasteiger partial charge on any atom is -0.469 e. The second-order valence-electron chi connectivity index (χ2n) is 9.37. The largest absolute Gasteiger partial charge is 0.469 e. The highest BCUT2D eigenvalue weighted by Gasteiger charge is 2.24. The van der Waals surface area contributed by atoms with Gasteiger partial charge in [0, 0.05) is 64.8 Å². The Morgan fingerprint density at radius 2 is 1.37 bits per heavy atom. The van der Waals surface area contributed by atoms with Gasteiger partial charge in [0.05, 0.1) is 13.4 Å². The Morgan fingerprint density at radius 1 is 0.886 bits per heavy atom. The number of carbonyl (C=O) groups is 1. The second kappa shape index (κ2) is 13.2. The van der Waals surface area contributed by atoms with Gasteiger partial charge < -0.3 is 19.4 Å². The molecule has 35 heavy (non-hydrogen) atoms. The van der Waals surface area contributed by atoms with Crippen molar-refractivity contribution < 1.29 is 22.5 Å². The van der Waals surface area contributed by atoms with Crippen molar-refractivity contribution in [2.45, 2.75) is 44.9 Å². The van der Waals surface area contributed by atoms with E-state index in [1.54, 1.807) is 0 Å². The molecule has 198 valence electrons. The molecule has 3 aliphatic heterocycles. The van der Waals surface area contributed by atoms with E-state index in [0.717, 1.165) is 89.3 Å². The number of rotatable bonds is 8. The molecule has 0 aromatic carbocycles. The second-order valence-corrected chi connectivity index (χ2v) is 10.8. The Bertz CT molecular complexity index is 869. The Balaban J connectivity index is 0.000000623. The Labute approximate surface area is 209 Å². The first-order valence-electron chi connectivity index (χ1n) is 12.6. The molecule has 12 heteroatoms. The number of hydrogen-bond acceptors (Lipinski definition) is 10. The average molecular weight is 513 g/mol. The maximum absolute atomic E-state index is 11.2. The van der Waals surface area contributed by atoms with Crippen molar-refractivity contribution in [1.82, 2.24) is 14.9 Å². The van der Waals surface area contributed by atoms with Gasteiger partial charge in [-0.1, -0.05) is 0 Å². The summed E-state index contributed by atoms with van der Waals surface area (Å²) in [5.41, 5.74) is 0. The standard InChI is InChI=1S/C22H36N6O2.CH4O3S/c1-30-21(29)8-2-3-9-25-14-16-27(17-15-25)20-18-19(26-10-4-5-11-26)23-22(24-20)28-12-6-7-13-28;1-5(2,3)4/h18H,2-17H2,1H3;1H3,(H,2,3,4). The topological polar surface area (TPSA) is 119 Å². The van der Waals surface area contributed by atoms with Crippen molar-refractivity contribution in [1.29, 1.82) is 0 Å². The molecule has 0 atom stereocenters. The Kier molecular flexibility index (Phi) is 10.4. The summed E-state index contributed by atoms with van der Waals surface area (Å²) in [4.78, 5) is 30.9. The molecule has 0 saturated carbocycles. The molecule has 1 aromatic rings. The number of carbonyl (C=O) groups excluding carboxylic acids is 1. The molecule has 1 N–H and O–H groups in total. The lowest BCUT2D eigenvalue weighted by Gasteiger charge is -2.36. The van der Waals surface area contributed by atoms with E-state index < -0.39 is 10.1 Å². The SMILES string of the molecule is COC(=O)CCCCN1CCN(c2cc(N3CCCC3)nc(N3CCCC3)n2)CC1.CS(=O)(=O)O.